The predicted molar refractivity (Wildman–Crippen MR) is 67.7 cm³/mol. The van der Waals surface area contributed by atoms with Crippen LogP contribution in [0.5, 0.6) is 0 Å². The molecule has 0 aliphatic heterocycles. The number of rotatable bonds is 4. The highest BCUT2D eigenvalue weighted by molar-refractivity contribution is 5.22. The fourth-order valence-corrected chi connectivity index (χ4v) is 2.68. The Morgan fingerprint density at radius 1 is 1.41 bits per heavy atom. The second kappa shape index (κ2) is 5.65. The summed E-state index contributed by atoms with van der Waals surface area (Å²) < 4.78 is 0. The topological polar surface area (TPSA) is 60.9 Å². The third-order valence-corrected chi connectivity index (χ3v) is 3.77. The Hall–Kier alpha value is -0.870. The number of aliphatic hydroxyl groups is 1. The first kappa shape index (κ1) is 12.6. The first-order chi connectivity index (χ1) is 8.16. The SMILES string of the molecule is Cc1n[nH]c(C)c1CNCC1CCCC(O)C1. The molecule has 17 heavy (non-hydrogen) atoms. The van der Waals surface area contributed by atoms with Crippen molar-refractivity contribution in [1.82, 2.24) is 15.5 Å². The Morgan fingerprint density at radius 3 is 2.88 bits per heavy atom. The van der Waals surface area contributed by atoms with Crippen LogP contribution in [-0.4, -0.2) is 28.0 Å². The second-order valence-electron chi connectivity index (χ2n) is 5.23. The number of hydrogen-bond acceptors (Lipinski definition) is 3. The van der Waals surface area contributed by atoms with E-state index in [2.05, 4.69) is 22.4 Å². The number of H-pyrrole nitrogens is 1. The van der Waals surface area contributed by atoms with Gasteiger partial charge in [-0.2, -0.15) is 5.10 Å². The molecule has 1 aliphatic carbocycles. The number of aromatic amines is 1. The van der Waals surface area contributed by atoms with Gasteiger partial charge < -0.3 is 10.4 Å². The number of aryl methyl sites for hydroxylation is 2. The van der Waals surface area contributed by atoms with Crippen molar-refractivity contribution >= 4 is 0 Å². The normalized spacial score (nSPS) is 25.1. The highest BCUT2D eigenvalue weighted by Crippen LogP contribution is 2.23. The first-order valence-electron chi connectivity index (χ1n) is 6.56. The molecule has 1 aromatic rings. The van der Waals surface area contributed by atoms with Gasteiger partial charge in [-0.05, 0) is 45.6 Å². The van der Waals surface area contributed by atoms with Crippen molar-refractivity contribution in [2.24, 2.45) is 5.92 Å². The van der Waals surface area contributed by atoms with E-state index in [-0.39, 0.29) is 6.10 Å². The van der Waals surface area contributed by atoms with Crippen LogP contribution in [-0.2, 0) is 6.54 Å². The molecule has 4 heteroatoms. The molecule has 96 valence electrons. The Bertz CT molecular complexity index is 342. The monoisotopic (exact) mass is 237 g/mol. The maximum Gasteiger partial charge on any atom is 0.0638 e. The average molecular weight is 237 g/mol. The molecule has 0 radical (unpaired) electrons. The average Bonchev–Trinajstić information content (AvgIpc) is 2.61. The van der Waals surface area contributed by atoms with Gasteiger partial charge >= 0.3 is 0 Å². The molecule has 2 unspecified atom stereocenters. The van der Waals surface area contributed by atoms with Gasteiger partial charge in [0.25, 0.3) is 0 Å². The van der Waals surface area contributed by atoms with Crippen LogP contribution in [0.1, 0.15) is 42.6 Å². The zero-order chi connectivity index (χ0) is 12.3. The van der Waals surface area contributed by atoms with Crippen LogP contribution in [0, 0.1) is 19.8 Å². The molecule has 0 aromatic carbocycles. The fraction of sp³-hybridized carbons (Fsp3) is 0.769. The lowest BCUT2D eigenvalue weighted by molar-refractivity contribution is 0.101. The molecule has 1 saturated carbocycles. The van der Waals surface area contributed by atoms with Crippen molar-refractivity contribution < 1.29 is 5.11 Å². The molecule has 0 amide bonds. The van der Waals surface area contributed by atoms with E-state index < -0.39 is 0 Å². The van der Waals surface area contributed by atoms with E-state index in [1.165, 1.54) is 12.0 Å². The van der Waals surface area contributed by atoms with E-state index in [1.807, 2.05) is 6.92 Å². The van der Waals surface area contributed by atoms with Crippen LogP contribution in [0.15, 0.2) is 0 Å². The Kier molecular flexibility index (Phi) is 4.18. The summed E-state index contributed by atoms with van der Waals surface area (Å²) in [5.41, 5.74) is 3.51. The van der Waals surface area contributed by atoms with Crippen molar-refractivity contribution in [3.8, 4) is 0 Å². The van der Waals surface area contributed by atoms with E-state index in [9.17, 15) is 5.11 Å². The summed E-state index contributed by atoms with van der Waals surface area (Å²) in [7, 11) is 0. The summed E-state index contributed by atoms with van der Waals surface area (Å²) in [4.78, 5) is 0. The van der Waals surface area contributed by atoms with Gasteiger partial charge in [-0.25, -0.2) is 0 Å². The lowest BCUT2D eigenvalue weighted by atomic mass is 9.87. The molecule has 0 bridgehead atoms. The van der Waals surface area contributed by atoms with Gasteiger partial charge in [0, 0.05) is 17.8 Å². The summed E-state index contributed by atoms with van der Waals surface area (Å²) in [6, 6.07) is 0. The van der Waals surface area contributed by atoms with E-state index in [0.717, 1.165) is 43.7 Å². The highest BCUT2D eigenvalue weighted by atomic mass is 16.3. The predicted octanol–water partition coefficient (Wildman–Crippen LogP) is 1.67. The fourth-order valence-electron chi connectivity index (χ4n) is 2.68. The minimum absolute atomic E-state index is 0.0760. The Balaban J connectivity index is 1.76. The zero-order valence-electron chi connectivity index (χ0n) is 10.8. The maximum atomic E-state index is 9.61. The van der Waals surface area contributed by atoms with E-state index >= 15 is 0 Å². The van der Waals surface area contributed by atoms with E-state index in [0.29, 0.717) is 5.92 Å². The maximum absolute atomic E-state index is 9.61. The zero-order valence-corrected chi connectivity index (χ0v) is 10.8. The largest absolute Gasteiger partial charge is 0.393 e. The third kappa shape index (κ3) is 3.30. The lowest BCUT2D eigenvalue weighted by Gasteiger charge is -2.26. The van der Waals surface area contributed by atoms with Crippen molar-refractivity contribution in [3.05, 3.63) is 17.0 Å². The van der Waals surface area contributed by atoms with Crippen LogP contribution >= 0.6 is 0 Å². The summed E-state index contributed by atoms with van der Waals surface area (Å²) in [6.07, 6.45) is 4.27. The Labute approximate surface area is 103 Å². The molecule has 4 nitrogen and oxygen atoms in total. The smallest absolute Gasteiger partial charge is 0.0638 e. The van der Waals surface area contributed by atoms with E-state index in [4.69, 9.17) is 0 Å². The first-order valence-corrected chi connectivity index (χ1v) is 6.56. The van der Waals surface area contributed by atoms with Crippen LogP contribution in [0.25, 0.3) is 0 Å². The minimum Gasteiger partial charge on any atom is -0.393 e. The molecule has 1 aromatic heterocycles. The van der Waals surface area contributed by atoms with Gasteiger partial charge in [0.1, 0.15) is 0 Å². The van der Waals surface area contributed by atoms with Crippen LogP contribution in [0.2, 0.25) is 0 Å². The van der Waals surface area contributed by atoms with Crippen LogP contribution in [0.4, 0.5) is 0 Å². The van der Waals surface area contributed by atoms with Crippen molar-refractivity contribution in [1.29, 1.82) is 0 Å². The number of hydrogen-bond donors (Lipinski definition) is 3. The molecule has 2 rings (SSSR count). The molecule has 3 N–H and O–H groups in total. The molecule has 1 fully saturated rings. The second-order valence-corrected chi connectivity index (χ2v) is 5.23. The van der Waals surface area contributed by atoms with Crippen molar-refractivity contribution in [2.75, 3.05) is 6.54 Å². The number of aromatic nitrogens is 2. The standard InChI is InChI=1S/C13H23N3O/c1-9-13(10(2)16-15-9)8-14-7-11-4-3-5-12(17)6-11/h11-12,14,17H,3-8H2,1-2H3,(H,15,16). The van der Waals surface area contributed by atoms with Gasteiger partial charge in [0.2, 0.25) is 0 Å². The molecular weight excluding hydrogens is 214 g/mol. The van der Waals surface area contributed by atoms with E-state index in [1.54, 1.807) is 0 Å². The summed E-state index contributed by atoms with van der Waals surface area (Å²) in [5.74, 6) is 0.631. The van der Waals surface area contributed by atoms with Gasteiger partial charge in [0.15, 0.2) is 0 Å². The summed E-state index contributed by atoms with van der Waals surface area (Å²) >= 11 is 0. The third-order valence-electron chi connectivity index (χ3n) is 3.77. The van der Waals surface area contributed by atoms with Gasteiger partial charge in [0.05, 0.1) is 11.8 Å². The number of nitrogens with one attached hydrogen (secondary N) is 2. The molecule has 0 spiro atoms. The van der Waals surface area contributed by atoms with Crippen molar-refractivity contribution in [2.45, 2.75) is 52.2 Å². The highest BCUT2D eigenvalue weighted by Gasteiger charge is 2.19. The Morgan fingerprint density at radius 2 is 2.24 bits per heavy atom. The minimum atomic E-state index is -0.0760. The van der Waals surface area contributed by atoms with Crippen LogP contribution < -0.4 is 5.32 Å². The summed E-state index contributed by atoms with van der Waals surface area (Å²) in [5, 5.41) is 20.3. The quantitative estimate of drug-likeness (QED) is 0.746. The molecular formula is C13H23N3O. The molecule has 1 heterocycles. The van der Waals surface area contributed by atoms with Crippen LogP contribution in [0.3, 0.4) is 0 Å². The molecule has 2 atom stereocenters. The molecule has 1 aliphatic rings. The van der Waals surface area contributed by atoms with Gasteiger partial charge in [-0.1, -0.05) is 6.42 Å². The van der Waals surface area contributed by atoms with Gasteiger partial charge in [-0.3, -0.25) is 5.10 Å². The lowest BCUT2D eigenvalue weighted by Crippen LogP contribution is -2.29. The summed E-state index contributed by atoms with van der Waals surface area (Å²) in [6.45, 7) is 5.97. The molecule has 0 saturated heterocycles. The number of aliphatic hydroxyl groups excluding tert-OH is 1. The van der Waals surface area contributed by atoms with Gasteiger partial charge in [-0.15, -0.1) is 0 Å². The number of nitrogens with zero attached hydrogens (tertiary/aromatic N) is 1. The van der Waals surface area contributed by atoms with Crippen molar-refractivity contribution in [3.63, 3.8) is 0 Å².